The Hall–Kier alpha value is -1.58. The first-order valence-corrected chi connectivity index (χ1v) is 9.79. The Morgan fingerprint density at radius 1 is 1.16 bits per heavy atom. The Morgan fingerprint density at radius 3 is 2.68 bits per heavy atom. The van der Waals surface area contributed by atoms with E-state index in [0.29, 0.717) is 0 Å². The lowest BCUT2D eigenvalue weighted by Crippen LogP contribution is -2.27. The molecule has 4 rings (SSSR count). The third kappa shape index (κ3) is 4.16. The van der Waals surface area contributed by atoms with E-state index in [-0.39, 0.29) is 0 Å². The molecule has 2 fully saturated rings. The SMILES string of the molecule is Cc1cc(Cl)ccc1Nc1cc(C2CC2)c(CNCC2CCC2)cn1. The fourth-order valence-electron chi connectivity index (χ4n) is 3.50. The summed E-state index contributed by atoms with van der Waals surface area (Å²) in [4.78, 5) is 4.66. The summed E-state index contributed by atoms with van der Waals surface area (Å²) in [5, 5.41) is 7.85. The first-order chi connectivity index (χ1) is 12.2. The molecule has 0 radical (unpaired) electrons. The molecular weight excluding hydrogens is 330 g/mol. The number of anilines is 2. The number of halogens is 1. The lowest BCUT2D eigenvalue weighted by molar-refractivity contribution is 0.301. The van der Waals surface area contributed by atoms with Gasteiger partial charge in [-0.15, -0.1) is 0 Å². The van der Waals surface area contributed by atoms with Crippen molar-refractivity contribution in [2.75, 3.05) is 11.9 Å². The molecule has 0 spiro atoms. The smallest absolute Gasteiger partial charge is 0.130 e. The molecule has 0 amide bonds. The summed E-state index contributed by atoms with van der Waals surface area (Å²) in [6.45, 7) is 4.15. The third-order valence-electron chi connectivity index (χ3n) is 5.46. The lowest BCUT2D eigenvalue weighted by atomic mass is 9.85. The Balaban J connectivity index is 1.46. The highest BCUT2D eigenvalue weighted by Gasteiger charge is 2.27. The molecule has 132 valence electrons. The molecule has 2 saturated carbocycles. The summed E-state index contributed by atoms with van der Waals surface area (Å²) < 4.78 is 0. The van der Waals surface area contributed by atoms with Crippen molar-refractivity contribution in [3.63, 3.8) is 0 Å². The number of nitrogens with one attached hydrogen (secondary N) is 2. The fourth-order valence-corrected chi connectivity index (χ4v) is 3.73. The van der Waals surface area contributed by atoms with Gasteiger partial charge in [0.05, 0.1) is 0 Å². The number of aromatic nitrogens is 1. The molecule has 1 aromatic carbocycles. The van der Waals surface area contributed by atoms with Gasteiger partial charge in [0.1, 0.15) is 5.82 Å². The second kappa shape index (κ2) is 7.35. The topological polar surface area (TPSA) is 37.0 Å². The van der Waals surface area contributed by atoms with Crippen molar-refractivity contribution in [3.8, 4) is 0 Å². The van der Waals surface area contributed by atoms with Crippen LogP contribution in [0.25, 0.3) is 0 Å². The van der Waals surface area contributed by atoms with Gasteiger partial charge in [0.2, 0.25) is 0 Å². The Labute approximate surface area is 155 Å². The molecule has 2 aliphatic carbocycles. The van der Waals surface area contributed by atoms with E-state index in [9.17, 15) is 0 Å². The molecule has 2 N–H and O–H groups in total. The molecule has 4 heteroatoms. The van der Waals surface area contributed by atoms with Gasteiger partial charge in [-0.25, -0.2) is 4.98 Å². The van der Waals surface area contributed by atoms with E-state index >= 15 is 0 Å². The summed E-state index contributed by atoms with van der Waals surface area (Å²) in [6.07, 6.45) is 8.85. The quantitative estimate of drug-likeness (QED) is 0.683. The summed E-state index contributed by atoms with van der Waals surface area (Å²) in [6, 6.07) is 8.15. The van der Waals surface area contributed by atoms with Crippen molar-refractivity contribution in [2.45, 2.75) is 51.5 Å². The van der Waals surface area contributed by atoms with Gasteiger partial charge in [-0.05, 0) is 91.9 Å². The van der Waals surface area contributed by atoms with Crippen LogP contribution >= 0.6 is 11.6 Å². The Kier molecular flexibility index (Phi) is 4.96. The van der Waals surface area contributed by atoms with Crippen molar-refractivity contribution in [3.05, 3.63) is 52.2 Å². The Morgan fingerprint density at radius 2 is 2.00 bits per heavy atom. The van der Waals surface area contributed by atoms with E-state index in [1.165, 1.54) is 43.2 Å². The van der Waals surface area contributed by atoms with Gasteiger partial charge < -0.3 is 10.6 Å². The van der Waals surface area contributed by atoms with Crippen LogP contribution in [0.3, 0.4) is 0 Å². The van der Waals surface area contributed by atoms with E-state index in [1.807, 2.05) is 18.2 Å². The summed E-state index contributed by atoms with van der Waals surface area (Å²) in [7, 11) is 0. The lowest BCUT2D eigenvalue weighted by Gasteiger charge is -2.25. The average Bonchev–Trinajstić information content (AvgIpc) is 3.38. The van der Waals surface area contributed by atoms with Crippen LogP contribution in [0.5, 0.6) is 0 Å². The predicted octanol–water partition coefficient (Wildman–Crippen LogP) is 5.55. The monoisotopic (exact) mass is 355 g/mol. The molecule has 0 saturated heterocycles. The van der Waals surface area contributed by atoms with Gasteiger partial charge >= 0.3 is 0 Å². The number of benzene rings is 1. The average molecular weight is 356 g/mol. The highest BCUT2D eigenvalue weighted by atomic mass is 35.5. The maximum Gasteiger partial charge on any atom is 0.130 e. The van der Waals surface area contributed by atoms with E-state index in [4.69, 9.17) is 11.6 Å². The maximum atomic E-state index is 6.05. The van der Waals surface area contributed by atoms with Gasteiger partial charge in [0, 0.05) is 23.5 Å². The van der Waals surface area contributed by atoms with Crippen molar-refractivity contribution in [2.24, 2.45) is 5.92 Å². The minimum Gasteiger partial charge on any atom is -0.340 e. The zero-order valence-electron chi connectivity index (χ0n) is 14.8. The minimum atomic E-state index is 0.718. The summed E-state index contributed by atoms with van der Waals surface area (Å²) >= 11 is 6.05. The van der Waals surface area contributed by atoms with Crippen molar-refractivity contribution >= 4 is 23.1 Å². The molecule has 1 aromatic heterocycles. The number of pyridine rings is 1. The second-order valence-electron chi connectivity index (χ2n) is 7.55. The van der Waals surface area contributed by atoms with Crippen LogP contribution in [-0.4, -0.2) is 11.5 Å². The first kappa shape index (κ1) is 16.9. The van der Waals surface area contributed by atoms with Gasteiger partial charge in [0.15, 0.2) is 0 Å². The van der Waals surface area contributed by atoms with Crippen LogP contribution in [0.1, 0.15) is 54.7 Å². The van der Waals surface area contributed by atoms with E-state index < -0.39 is 0 Å². The predicted molar refractivity (Wildman–Crippen MR) is 105 cm³/mol. The fraction of sp³-hybridized carbons (Fsp3) is 0.476. The van der Waals surface area contributed by atoms with E-state index in [0.717, 1.165) is 47.0 Å². The van der Waals surface area contributed by atoms with Crippen LogP contribution in [0.4, 0.5) is 11.5 Å². The zero-order valence-corrected chi connectivity index (χ0v) is 15.6. The summed E-state index contributed by atoms with van der Waals surface area (Å²) in [5.74, 6) is 2.54. The molecule has 1 heterocycles. The highest BCUT2D eigenvalue weighted by Crippen LogP contribution is 2.42. The molecule has 0 aliphatic heterocycles. The van der Waals surface area contributed by atoms with Gasteiger partial charge in [-0.1, -0.05) is 18.0 Å². The van der Waals surface area contributed by atoms with Crippen molar-refractivity contribution in [1.29, 1.82) is 0 Å². The second-order valence-corrected chi connectivity index (χ2v) is 7.99. The van der Waals surface area contributed by atoms with Gasteiger partial charge in [-0.2, -0.15) is 0 Å². The van der Waals surface area contributed by atoms with Crippen LogP contribution in [0, 0.1) is 12.8 Å². The molecule has 25 heavy (non-hydrogen) atoms. The molecule has 3 nitrogen and oxygen atoms in total. The molecule has 2 aliphatic rings. The normalized spacial score (nSPS) is 17.4. The number of nitrogens with zero attached hydrogens (tertiary/aromatic N) is 1. The largest absolute Gasteiger partial charge is 0.340 e. The zero-order chi connectivity index (χ0) is 17.2. The molecular formula is C21H26ClN3. The minimum absolute atomic E-state index is 0.718. The molecule has 0 unspecified atom stereocenters. The van der Waals surface area contributed by atoms with E-state index in [2.05, 4.69) is 34.8 Å². The number of hydrogen-bond donors (Lipinski definition) is 2. The molecule has 2 aromatic rings. The third-order valence-corrected chi connectivity index (χ3v) is 5.70. The van der Waals surface area contributed by atoms with Crippen LogP contribution < -0.4 is 10.6 Å². The number of hydrogen-bond acceptors (Lipinski definition) is 3. The van der Waals surface area contributed by atoms with Crippen molar-refractivity contribution in [1.82, 2.24) is 10.3 Å². The van der Waals surface area contributed by atoms with E-state index in [1.54, 1.807) is 0 Å². The Bertz CT molecular complexity index is 751. The van der Waals surface area contributed by atoms with Crippen LogP contribution in [0.15, 0.2) is 30.5 Å². The number of rotatable bonds is 7. The van der Waals surface area contributed by atoms with Gasteiger partial charge in [-0.3, -0.25) is 0 Å². The molecule has 0 bridgehead atoms. The molecule has 0 atom stereocenters. The maximum absolute atomic E-state index is 6.05. The number of aryl methyl sites for hydroxylation is 1. The van der Waals surface area contributed by atoms with Crippen LogP contribution in [-0.2, 0) is 6.54 Å². The highest BCUT2D eigenvalue weighted by molar-refractivity contribution is 6.30. The van der Waals surface area contributed by atoms with Crippen molar-refractivity contribution < 1.29 is 0 Å². The first-order valence-electron chi connectivity index (χ1n) is 9.42. The van der Waals surface area contributed by atoms with Crippen LogP contribution in [0.2, 0.25) is 5.02 Å². The standard InChI is InChI=1S/C21H26ClN3/c1-14-9-18(22)7-8-20(14)25-21-10-19(16-5-6-16)17(13-24-21)12-23-11-15-3-2-4-15/h7-10,13,15-16,23H,2-6,11-12H2,1H3,(H,24,25). The van der Waals surface area contributed by atoms with Gasteiger partial charge in [0.25, 0.3) is 0 Å². The summed E-state index contributed by atoms with van der Waals surface area (Å²) in [5.41, 5.74) is 5.02.